The Morgan fingerprint density at radius 2 is 2.14 bits per heavy atom. The third-order valence-corrected chi connectivity index (χ3v) is 2.02. The molecule has 0 fully saturated rings. The Labute approximate surface area is 85.4 Å². The molecule has 0 saturated carbocycles. The van der Waals surface area contributed by atoms with E-state index in [0.717, 1.165) is 30.1 Å². The molecule has 0 saturated heterocycles. The maximum absolute atomic E-state index is 10.7. The molecular weight excluding hydrogens is 182 g/mol. The van der Waals surface area contributed by atoms with Gasteiger partial charge in [0.25, 0.3) is 0 Å². The molecule has 0 rings (SSSR count). The Kier molecular flexibility index (Phi) is 6.16. The molecule has 0 atom stereocenters. The summed E-state index contributed by atoms with van der Waals surface area (Å²) in [7, 11) is 4.07. The summed E-state index contributed by atoms with van der Waals surface area (Å²) in [6.07, 6.45) is 1.96. The number of aliphatic hydroxyl groups excluding tert-OH is 1. The molecule has 0 amide bonds. The van der Waals surface area contributed by atoms with Gasteiger partial charge in [0.05, 0.1) is 33.9 Å². The first-order valence-corrected chi connectivity index (χ1v) is 4.74. The van der Waals surface area contributed by atoms with Crippen molar-refractivity contribution >= 4 is 5.97 Å². The summed E-state index contributed by atoms with van der Waals surface area (Å²) >= 11 is 0. The molecule has 0 bridgehead atoms. The van der Waals surface area contributed by atoms with Crippen molar-refractivity contribution in [1.82, 2.24) is 0 Å². The molecule has 0 spiro atoms. The average Bonchev–Trinajstić information content (AvgIpc) is 2.12. The van der Waals surface area contributed by atoms with E-state index in [-0.39, 0.29) is 12.6 Å². The lowest BCUT2D eigenvalue weighted by Gasteiger charge is -2.28. The molecule has 14 heavy (non-hydrogen) atoms. The summed E-state index contributed by atoms with van der Waals surface area (Å²) in [5, 5.41) is 8.77. The summed E-state index contributed by atoms with van der Waals surface area (Å²) in [5.41, 5.74) is 0. The summed E-state index contributed by atoms with van der Waals surface area (Å²) in [4.78, 5) is 10.7. The number of nitrogens with zero attached hydrogens (tertiary/aromatic N) is 1. The first kappa shape index (κ1) is 13.1. The number of ether oxygens (including phenoxy) is 1. The minimum atomic E-state index is -0.377. The second-order valence-electron chi connectivity index (χ2n) is 3.83. The van der Waals surface area contributed by atoms with Gasteiger partial charge in [-0.25, -0.2) is 4.79 Å². The van der Waals surface area contributed by atoms with Crippen LogP contribution < -0.4 is 0 Å². The topological polar surface area (TPSA) is 46.5 Å². The molecule has 0 aliphatic carbocycles. The van der Waals surface area contributed by atoms with Gasteiger partial charge >= 0.3 is 5.97 Å². The number of likely N-dealkylation sites (N-methyl/N-ethyl adjacent to an activating group) is 1. The van der Waals surface area contributed by atoms with Gasteiger partial charge in [-0.2, -0.15) is 0 Å². The highest BCUT2D eigenvalue weighted by atomic mass is 16.5. The van der Waals surface area contributed by atoms with E-state index in [9.17, 15) is 4.79 Å². The van der Waals surface area contributed by atoms with Crippen molar-refractivity contribution in [3.8, 4) is 0 Å². The van der Waals surface area contributed by atoms with Gasteiger partial charge in [-0.05, 0) is 0 Å². The number of hydrogen-bond acceptors (Lipinski definition) is 3. The predicted octanol–water partition coefficient (Wildman–Crippen LogP) is 0.174. The zero-order valence-corrected chi connectivity index (χ0v) is 9.03. The molecule has 0 radical (unpaired) electrons. The summed E-state index contributed by atoms with van der Waals surface area (Å²) in [6.45, 7) is 5.50. The van der Waals surface area contributed by atoms with Crippen LogP contribution in [0.4, 0.5) is 0 Å². The fraction of sp³-hybridized carbons (Fsp3) is 0.700. The largest absolute Gasteiger partial charge is 0.462 e. The highest BCUT2D eigenvalue weighted by molar-refractivity contribution is 5.81. The van der Waals surface area contributed by atoms with Gasteiger partial charge in [-0.3, -0.25) is 0 Å². The summed E-state index contributed by atoms with van der Waals surface area (Å²) < 4.78 is 5.57. The molecule has 82 valence electrons. The van der Waals surface area contributed by atoms with Crippen LogP contribution in [-0.4, -0.2) is 56.0 Å². The SMILES string of the molecule is C=CC(=O)OCCC[N+](C)(C)CCO. The van der Waals surface area contributed by atoms with Gasteiger partial charge in [0, 0.05) is 12.5 Å². The van der Waals surface area contributed by atoms with Gasteiger partial charge in [0.2, 0.25) is 0 Å². The summed E-state index contributed by atoms with van der Waals surface area (Å²) in [5.74, 6) is -0.377. The lowest BCUT2D eigenvalue weighted by atomic mass is 10.3. The molecule has 0 heterocycles. The van der Waals surface area contributed by atoms with Crippen LogP contribution in [0.2, 0.25) is 0 Å². The van der Waals surface area contributed by atoms with Gasteiger partial charge in [0.1, 0.15) is 6.54 Å². The molecule has 0 aliphatic rings. The molecule has 0 aromatic heterocycles. The molecule has 4 heteroatoms. The Morgan fingerprint density at radius 1 is 1.50 bits per heavy atom. The molecule has 0 aliphatic heterocycles. The van der Waals surface area contributed by atoms with Crippen LogP contribution in [0.25, 0.3) is 0 Å². The Bertz CT molecular complexity index is 190. The lowest BCUT2D eigenvalue weighted by Crippen LogP contribution is -2.43. The Balaban J connectivity index is 3.53. The van der Waals surface area contributed by atoms with Crippen molar-refractivity contribution in [1.29, 1.82) is 0 Å². The van der Waals surface area contributed by atoms with E-state index in [2.05, 4.69) is 6.58 Å². The molecule has 0 aromatic carbocycles. The highest BCUT2D eigenvalue weighted by Gasteiger charge is 2.13. The monoisotopic (exact) mass is 202 g/mol. The number of rotatable bonds is 7. The van der Waals surface area contributed by atoms with E-state index in [1.165, 1.54) is 0 Å². The smallest absolute Gasteiger partial charge is 0.330 e. The number of esters is 1. The lowest BCUT2D eigenvalue weighted by molar-refractivity contribution is -0.890. The van der Waals surface area contributed by atoms with Crippen molar-refractivity contribution in [2.75, 3.05) is 40.4 Å². The molecule has 0 unspecified atom stereocenters. The first-order chi connectivity index (χ1) is 6.52. The van der Waals surface area contributed by atoms with Gasteiger partial charge < -0.3 is 14.3 Å². The van der Waals surface area contributed by atoms with Crippen LogP contribution in [0.5, 0.6) is 0 Å². The number of hydrogen-bond donors (Lipinski definition) is 1. The van der Waals surface area contributed by atoms with Crippen LogP contribution in [0, 0.1) is 0 Å². The Hall–Kier alpha value is -0.870. The molecule has 0 aromatic rings. The zero-order chi connectivity index (χ0) is 11.0. The van der Waals surface area contributed by atoms with E-state index in [4.69, 9.17) is 9.84 Å². The van der Waals surface area contributed by atoms with E-state index in [1.807, 2.05) is 14.1 Å². The zero-order valence-electron chi connectivity index (χ0n) is 9.03. The maximum atomic E-state index is 10.7. The first-order valence-electron chi connectivity index (χ1n) is 4.74. The fourth-order valence-corrected chi connectivity index (χ4v) is 1.11. The standard InChI is InChI=1S/C10H20NO3/c1-4-10(13)14-9-5-6-11(2,3)7-8-12/h4,12H,1,5-9H2,2-3H3/q+1. The second-order valence-corrected chi connectivity index (χ2v) is 3.83. The predicted molar refractivity (Wildman–Crippen MR) is 54.7 cm³/mol. The average molecular weight is 202 g/mol. The molecule has 4 nitrogen and oxygen atoms in total. The van der Waals surface area contributed by atoms with Crippen molar-refractivity contribution in [2.24, 2.45) is 0 Å². The summed E-state index contributed by atoms with van der Waals surface area (Å²) in [6, 6.07) is 0. The van der Waals surface area contributed by atoms with Crippen molar-refractivity contribution in [3.63, 3.8) is 0 Å². The van der Waals surface area contributed by atoms with E-state index < -0.39 is 0 Å². The third kappa shape index (κ3) is 6.62. The Morgan fingerprint density at radius 3 is 2.64 bits per heavy atom. The van der Waals surface area contributed by atoms with Gasteiger partial charge in [0.15, 0.2) is 0 Å². The number of carbonyl (C=O) groups excluding carboxylic acids is 1. The molecule has 1 N–H and O–H groups in total. The maximum Gasteiger partial charge on any atom is 0.330 e. The van der Waals surface area contributed by atoms with Crippen LogP contribution in [0.1, 0.15) is 6.42 Å². The quantitative estimate of drug-likeness (QED) is 0.277. The van der Waals surface area contributed by atoms with Crippen LogP contribution in [0.3, 0.4) is 0 Å². The normalized spacial score (nSPS) is 11.1. The van der Waals surface area contributed by atoms with Crippen molar-refractivity contribution in [2.45, 2.75) is 6.42 Å². The number of aliphatic hydroxyl groups is 1. The van der Waals surface area contributed by atoms with E-state index in [0.29, 0.717) is 6.61 Å². The van der Waals surface area contributed by atoms with E-state index >= 15 is 0 Å². The number of quaternary nitrogens is 1. The fourth-order valence-electron chi connectivity index (χ4n) is 1.11. The van der Waals surface area contributed by atoms with Gasteiger partial charge in [-0.15, -0.1) is 0 Å². The minimum Gasteiger partial charge on any atom is -0.462 e. The van der Waals surface area contributed by atoms with Gasteiger partial charge in [-0.1, -0.05) is 6.58 Å². The minimum absolute atomic E-state index is 0.180. The van der Waals surface area contributed by atoms with Crippen LogP contribution in [-0.2, 0) is 9.53 Å². The van der Waals surface area contributed by atoms with Crippen LogP contribution >= 0.6 is 0 Å². The van der Waals surface area contributed by atoms with Crippen LogP contribution in [0.15, 0.2) is 12.7 Å². The third-order valence-electron chi connectivity index (χ3n) is 2.02. The second kappa shape index (κ2) is 6.56. The van der Waals surface area contributed by atoms with E-state index in [1.54, 1.807) is 0 Å². The number of carbonyl (C=O) groups is 1. The van der Waals surface area contributed by atoms with Crippen molar-refractivity contribution in [3.05, 3.63) is 12.7 Å². The van der Waals surface area contributed by atoms with Crippen molar-refractivity contribution < 1.29 is 19.1 Å². The highest BCUT2D eigenvalue weighted by Crippen LogP contribution is 1.98. The molecular formula is C10H20NO3+.